The van der Waals surface area contributed by atoms with Crippen molar-refractivity contribution in [3.05, 3.63) is 0 Å². The Morgan fingerprint density at radius 1 is 0.735 bits per heavy atom. The lowest BCUT2D eigenvalue weighted by Gasteiger charge is -2.49. The normalized spacial score (nSPS) is 52.5. The van der Waals surface area contributed by atoms with Gasteiger partial charge in [0, 0.05) is 12.1 Å². The Balaban J connectivity index is 1.76. The fourth-order valence-corrected chi connectivity index (χ4v) is 4.64. The average Bonchev–Trinajstić information content (AvgIpc) is 2.82. The van der Waals surface area contributed by atoms with E-state index in [0.29, 0.717) is 0 Å². The zero-order valence-corrected chi connectivity index (χ0v) is 18.8. The quantitative estimate of drug-likeness (QED) is 0.156. The molecule has 0 amide bonds. The van der Waals surface area contributed by atoms with Crippen molar-refractivity contribution in [3.63, 3.8) is 0 Å². The van der Waals surface area contributed by atoms with Crippen molar-refractivity contribution in [1.82, 2.24) is 5.32 Å². The van der Waals surface area contributed by atoms with Crippen LogP contribution < -0.4 is 22.5 Å². The molecule has 0 bridgehead atoms. The molecule has 2 heterocycles. The molecule has 0 aromatic carbocycles. The second kappa shape index (κ2) is 11.6. The summed E-state index contributed by atoms with van der Waals surface area (Å²) >= 11 is 0. The molecule has 2 saturated heterocycles. The molecule has 3 fully saturated rings. The minimum absolute atomic E-state index is 0.236. The Kier molecular flexibility index (Phi) is 9.57. The zero-order chi connectivity index (χ0) is 25.3. The molecule has 0 aromatic rings. The third-order valence-corrected chi connectivity index (χ3v) is 6.84. The predicted molar refractivity (Wildman–Crippen MR) is 113 cm³/mol. The van der Waals surface area contributed by atoms with Crippen LogP contribution in [0.1, 0.15) is 6.42 Å². The third kappa shape index (κ3) is 5.39. The van der Waals surface area contributed by atoms with Crippen molar-refractivity contribution in [1.29, 1.82) is 0 Å². The maximum Gasteiger partial charge on any atom is 0.186 e. The van der Waals surface area contributed by atoms with Crippen molar-refractivity contribution < 1.29 is 54.7 Å². The number of rotatable bonds is 7. The molecule has 2 aliphatic heterocycles. The van der Waals surface area contributed by atoms with Crippen molar-refractivity contribution >= 4 is 0 Å². The molecular formula is C19H38N4O11. The summed E-state index contributed by atoms with van der Waals surface area (Å²) in [6.07, 6.45) is -14.0. The Morgan fingerprint density at radius 3 is 1.88 bits per heavy atom. The highest BCUT2D eigenvalue weighted by atomic mass is 16.7. The molecule has 1 saturated carbocycles. The summed E-state index contributed by atoms with van der Waals surface area (Å²) in [6, 6.07) is -3.64. The second-order valence-corrected chi connectivity index (χ2v) is 9.05. The van der Waals surface area contributed by atoms with Crippen LogP contribution in [0, 0.1) is 0 Å². The molecule has 3 aliphatic rings. The first kappa shape index (κ1) is 28.0. The van der Waals surface area contributed by atoms with E-state index >= 15 is 0 Å². The molecule has 0 radical (unpaired) electrons. The largest absolute Gasteiger partial charge is 0.394 e. The second-order valence-electron chi connectivity index (χ2n) is 9.05. The van der Waals surface area contributed by atoms with Crippen LogP contribution in [0.4, 0.5) is 0 Å². The van der Waals surface area contributed by atoms with E-state index in [-0.39, 0.29) is 6.42 Å². The van der Waals surface area contributed by atoms with Gasteiger partial charge in [0.1, 0.15) is 54.9 Å². The van der Waals surface area contributed by atoms with E-state index < -0.39 is 105 Å². The zero-order valence-electron chi connectivity index (χ0n) is 18.8. The fraction of sp³-hybridized carbons (Fsp3) is 1.00. The number of hydrogen-bond donors (Lipinski definition) is 11. The molecule has 6 unspecified atom stereocenters. The van der Waals surface area contributed by atoms with E-state index in [2.05, 4.69) is 5.32 Å². The summed E-state index contributed by atoms with van der Waals surface area (Å²) in [5.41, 5.74) is 18.0. The summed E-state index contributed by atoms with van der Waals surface area (Å²) in [7, 11) is 1.62. The highest BCUT2D eigenvalue weighted by Gasteiger charge is 2.51. The fourth-order valence-electron chi connectivity index (χ4n) is 4.64. The van der Waals surface area contributed by atoms with Crippen LogP contribution in [0.2, 0.25) is 0 Å². The summed E-state index contributed by atoms with van der Waals surface area (Å²) < 4.78 is 22.6. The van der Waals surface area contributed by atoms with Gasteiger partial charge < -0.3 is 77.2 Å². The topological polar surface area (TPSA) is 269 Å². The van der Waals surface area contributed by atoms with Crippen LogP contribution in [0.15, 0.2) is 0 Å². The van der Waals surface area contributed by atoms with E-state index in [4.69, 9.17) is 36.1 Å². The molecule has 3 rings (SSSR count). The number of nitrogens with one attached hydrogen (secondary N) is 1. The van der Waals surface area contributed by atoms with Gasteiger partial charge in [-0.05, 0) is 13.5 Å². The Labute approximate surface area is 196 Å². The molecule has 15 atom stereocenters. The van der Waals surface area contributed by atoms with Gasteiger partial charge in [-0.2, -0.15) is 0 Å². The highest BCUT2D eigenvalue weighted by Crippen LogP contribution is 2.31. The number of nitrogens with two attached hydrogens (primary N) is 3. The van der Waals surface area contributed by atoms with Crippen molar-refractivity contribution in [3.8, 4) is 0 Å². The van der Waals surface area contributed by atoms with Gasteiger partial charge in [0.05, 0.1) is 25.3 Å². The smallest absolute Gasteiger partial charge is 0.186 e. The standard InChI is InChI=1S/C19H38N4O11/c1-23-6-2-5(20)16(33-18-10(22)13(28)12(27)8(4-25)31-18)15(30)17(6)34-19-14(29)9(21)11(26)7(3-24)32-19/h5-19,23-30H,2-4,20-22H2,1H3/t5?,6-,7-,8?,9?,10?,11+,12-,13-,14?,15?,16-,17-,18-,19+/m1/s1. The maximum absolute atomic E-state index is 11.1. The van der Waals surface area contributed by atoms with E-state index in [1.165, 1.54) is 0 Å². The van der Waals surface area contributed by atoms with Crippen molar-refractivity contribution in [2.24, 2.45) is 17.2 Å². The van der Waals surface area contributed by atoms with Gasteiger partial charge >= 0.3 is 0 Å². The first-order valence-corrected chi connectivity index (χ1v) is 11.2. The van der Waals surface area contributed by atoms with Gasteiger partial charge in [0.25, 0.3) is 0 Å². The maximum atomic E-state index is 11.1. The van der Waals surface area contributed by atoms with E-state index in [0.717, 1.165) is 0 Å². The van der Waals surface area contributed by atoms with Crippen LogP contribution in [0.25, 0.3) is 0 Å². The van der Waals surface area contributed by atoms with Crippen LogP contribution in [-0.4, -0.2) is 148 Å². The molecule has 0 aromatic heterocycles. The van der Waals surface area contributed by atoms with E-state index in [9.17, 15) is 35.7 Å². The number of ether oxygens (including phenoxy) is 4. The number of aliphatic hydroxyl groups is 7. The first-order valence-electron chi connectivity index (χ1n) is 11.2. The molecule has 0 spiro atoms. The van der Waals surface area contributed by atoms with Crippen LogP contribution in [-0.2, 0) is 18.9 Å². The molecule has 34 heavy (non-hydrogen) atoms. The summed E-state index contributed by atoms with van der Waals surface area (Å²) in [5.74, 6) is 0. The van der Waals surface area contributed by atoms with Gasteiger partial charge in [0.15, 0.2) is 12.6 Å². The average molecular weight is 499 g/mol. The molecule has 15 heteroatoms. The van der Waals surface area contributed by atoms with Crippen LogP contribution in [0.5, 0.6) is 0 Å². The lowest BCUT2D eigenvalue weighted by molar-refractivity contribution is -0.321. The SMILES string of the molecule is CN[C@@H]1CC(N)[C@@H](O[C@H]2OC(CO)[C@@H](O)[C@H](O)C2N)C(O)[C@@H]1O[C@@H]1O[C@H](CO)[C@H](O)C(N)C1O. The van der Waals surface area contributed by atoms with Gasteiger partial charge in [-0.15, -0.1) is 0 Å². The first-order chi connectivity index (χ1) is 16.0. The predicted octanol–water partition coefficient (Wildman–Crippen LogP) is -7.03. The summed E-state index contributed by atoms with van der Waals surface area (Å²) in [4.78, 5) is 0. The Morgan fingerprint density at radius 2 is 1.29 bits per heavy atom. The molecular weight excluding hydrogens is 460 g/mol. The van der Waals surface area contributed by atoms with Gasteiger partial charge in [0.2, 0.25) is 0 Å². The number of hydrogen-bond acceptors (Lipinski definition) is 15. The number of likely N-dealkylation sites (N-methyl/N-ethyl adjacent to an activating group) is 1. The minimum Gasteiger partial charge on any atom is -0.394 e. The summed E-state index contributed by atoms with van der Waals surface area (Å²) in [5, 5.41) is 73.6. The molecule has 14 N–H and O–H groups in total. The van der Waals surface area contributed by atoms with E-state index in [1.807, 2.05) is 0 Å². The van der Waals surface area contributed by atoms with Gasteiger partial charge in [-0.3, -0.25) is 0 Å². The van der Waals surface area contributed by atoms with Crippen molar-refractivity contribution in [2.75, 3.05) is 20.3 Å². The van der Waals surface area contributed by atoms with Gasteiger partial charge in [-0.25, -0.2) is 0 Å². The van der Waals surface area contributed by atoms with E-state index in [1.54, 1.807) is 7.05 Å². The molecule has 1 aliphatic carbocycles. The van der Waals surface area contributed by atoms with Crippen LogP contribution in [0.3, 0.4) is 0 Å². The highest BCUT2D eigenvalue weighted by molar-refractivity contribution is 5.02. The van der Waals surface area contributed by atoms with Crippen LogP contribution >= 0.6 is 0 Å². The lowest BCUT2D eigenvalue weighted by Crippen LogP contribution is -2.69. The van der Waals surface area contributed by atoms with Crippen molar-refractivity contribution in [2.45, 2.75) is 98.1 Å². The Bertz CT molecular complexity index is 649. The molecule has 15 nitrogen and oxygen atoms in total. The van der Waals surface area contributed by atoms with Gasteiger partial charge in [-0.1, -0.05) is 0 Å². The monoisotopic (exact) mass is 498 g/mol. The third-order valence-electron chi connectivity index (χ3n) is 6.84. The summed E-state index contributed by atoms with van der Waals surface area (Å²) in [6.45, 7) is -1.18. The number of aliphatic hydroxyl groups excluding tert-OH is 7. The molecule has 200 valence electrons. The Hall–Kier alpha value is -0.600. The minimum atomic E-state index is -1.46. The lowest BCUT2D eigenvalue weighted by atomic mass is 9.83.